The number of esters is 1. The molecule has 0 N–H and O–H groups in total. The Morgan fingerprint density at radius 2 is 2.06 bits per heavy atom. The molecule has 0 unspecified atom stereocenters. The Kier molecular flexibility index (Phi) is 4.36. The summed E-state index contributed by atoms with van der Waals surface area (Å²) < 4.78 is 9.91. The van der Waals surface area contributed by atoms with Crippen molar-refractivity contribution in [2.24, 2.45) is 0 Å². The highest BCUT2D eigenvalue weighted by Gasteiger charge is 2.23. The van der Waals surface area contributed by atoms with Crippen LogP contribution in [0.5, 0.6) is 0 Å². The predicted octanol–water partition coefficient (Wildman–Crippen LogP) is 2.13. The molecule has 0 aromatic heterocycles. The van der Waals surface area contributed by atoms with Gasteiger partial charge in [-0.2, -0.15) is 0 Å². The van der Waals surface area contributed by atoms with E-state index in [0.717, 1.165) is 5.06 Å². The van der Waals surface area contributed by atoms with Crippen LogP contribution in [-0.4, -0.2) is 29.3 Å². The lowest BCUT2D eigenvalue weighted by Gasteiger charge is -2.22. The molecule has 100 valence electrons. The van der Waals surface area contributed by atoms with Crippen LogP contribution in [0.2, 0.25) is 0 Å². The van der Waals surface area contributed by atoms with Gasteiger partial charge < -0.3 is 14.3 Å². The number of nitrogens with zero attached hydrogens (tertiary/aromatic N) is 1. The van der Waals surface area contributed by atoms with Crippen molar-refractivity contribution >= 4 is 12.1 Å². The van der Waals surface area contributed by atoms with Crippen molar-refractivity contribution in [3.05, 3.63) is 24.1 Å². The Morgan fingerprint density at radius 3 is 2.61 bits per heavy atom. The minimum absolute atomic E-state index is 0.212. The molecular weight excluding hydrogens is 238 g/mol. The van der Waals surface area contributed by atoms with Crippen molar-refractivity contribution in [1.29, 1.82) is 0 Å². The number of hydroxylamine groups is 2. The van der Waals surface area contributed by atoms with Gasteiger partial charge in [0.25, 0.3) is 0 Å². The van der Waals surface area contributed by atoms with Crippen LogP contribution >= 0.6 is 0 Å². The average Bonchev–Trinajstić information content (AvgIpc) is 2.27. The summed E-state index contributed by atoms with van der Waals surface area (Å²) in [4.78, 5) is 28.1. The van der Waals surface area contributed by atoms with Gasteiger partial charge >= 0.3 is 12.1 Å². The van der Waals surface area contributed by atoms with Crippen LogP contribution in [0.4, 0.5) is 4.79 Å². The zero-order valence-electron chi connectivity index (χ0n) is 10.9. The van der Waals surface area contributed by atoms with E-state index >= 15 is 0 Å². The molecule has 6 heteroatoms. The fourth-order valence-corrected chi connectivity index (χ4v) is 1.11. The predicted molar refractivity (Wildman–Crippen MR) is 63.0 cm³/mol. The van der Waals surface area contributed by atoms with Crippen LogP contribution in [0.3, 0.4) is 0 Å². The standard InChI is InChI=1S/C12H17NO5/c1-5-16-11(15)13-8-9(6-7-17-13)10(14)18-12(2,3)4/h6-8H,5H2,1-4H3. The Balaban J connectivity index is 2.73. The van der Waals surface area contributed by atoms with Gasteiger partial charge in [-0.1, -0.05) is 0 Å². The number of hydrogen-bond acceptors (Lipinski definition) is 5. The molecule has 6 nitrogen and oxygen atoms in total. The molecule has 0 saturated carbocycles. The fourth-order valence-electron chi connectivity index (χ4n) is 1.11. The van der Waals surface area contributed by atoms with Crippen molar-refractivity contribution < 1.29 is 23.9 Å². The second-order valence-electron chi connectivity index (χ2n) is 4.52. The van der Waals surface area contributed by atoms with Crippen molar-refractivity contribution in [2.45, 2.75) is 33.3 Å². The molecule has 0 aliphatic carbocycles. The fraction of sp³-hybridized carbons (Fsp3) is 0.500. The van der Waals surface area contributed by atoms with Gasteiger partial charge in [0.2, 0.25) is 0 Å². The van der Waals surface area contributed by atoms with E-state index in [2.05, 4.69) is 0 Å². The molecule has 18 heavy (non-hydrogen) atoms. The first kappa shape index (κ1) is 14.1. The first-order valence-corrected chi connectivity index (χ1v) is 5.58. The highest BCUT2D eigenvalue weighted by atomic mass is 16.7. The molecule has 1 heterocycles. The zero-order chi connectivity index (χ0) is 13.8. The summed E-state index contributed by atoms with van der Waals surface area (Å²) in [7, 11) is 0. The number of hydrogen-bond donors (Lipinski definition) is 0. The quantitative estimate of drug-likeness (QED) is 0.707. The van der Waals surface area contributed by atoms with Crippen LogP contribution in [0.1, 0.15) is 27.7 Å². The summed E-state index contributed by atoms with van der Waals surface area (Å²) >= 11 is 0. The number of carbonyl (C=O) groups excluding carboxylic acids is 2. The molecule has 0 atom stereocenters. The van der Waals surface area contributed by atoms with E-state index in [1.165, 1.54) is 18.5 Å². The second kappa shape index (κ2) is 5.57. The van der Waals surface area contributed by atoms with Gasteiger partial charge in [0.1, 0.15) is 11.9 Å². The van der Waals surface area contributed by atoms with E-state index < -0.39 is 17.7 Å². The molecule has 1 amide bonds. The number of carbonyl (C=O) groups is 2. The Morgan fingerprint density at radius 1 is 1.39 bits per heavy atom. The Labute approximate surface area is 106 Å². The van der Waals surface area contributed by atoms with Gasteiger partial charge in [0.15, 0.2) is 0 Å². The van der Waals surface area contributed by atoms with E-state index in [-0.39, 0.29) is 12.2 Å². The van der Waals surface area contributed by atoms with Gasteiger partial charge in [-0.15, -0.1) is 5.06 Å². The average molecular weight is 255 g/mol. The van der Waals surface area contributed by atoms with E-state index in [4.69, 9.17) is 14.3 Å². The molecule has 0 bridgehead atoms. The third-order valence-electron chi connectivity index (χ3n) is 1.76. The van der Waals surface area contributed by atoms with Crippen LogP contribution in [0.15, 0.2) is 24.1 Å². The van der Waals surface area contributed by atoms with Crippen molar-refractivity contribution in [3.63, 3.8) is 0 Å². The summed E-state index contributed by atoms with van der Waals surface area (Å²) in [6.45, 7) is 7.18. The molecule has 0 spiro atoms. The zero-order valence-corrected chi connectivity index (χ0v) is 10.9. The third kappa shape index (κ3) is 4.12. The van der Waals surface area contributed by atoms with Gasteiger partial charge in [0, 0.05) is 0 Å². The molecule has 1 rings (SSSR count). The number of rotatable bonds is 2. The molecule has 0 radical (unpaired) electrons. The van der Waals surface area contributed by atoms with Crippen LogP contribution < -0.4 is 0 Å². The Bertz CT molecular complexity index is 392. The van der Waals surface area contributed by atoms with E-state index in [0.29, 0.717) is 0 Å². The molecule has 0 saturated heterocycles. The van der Waals surface area contributed by atoms with Gasteiger partial charge in [-0.05, 0) is 33.8 Å². The molecule has 0 aromatic rings. The molecule has 0 fully saturated rings. The first-order chi connectivity index (χ1) is 8.33. The lowest BCUT2D eigenvalue weighted by Crippen LogP contribution is -2.30. The van der Waals surface area contributed by atoms with Crippen LogP contribution in [0, 0.1) is 0 Å². The van der Waals surface area contributed by atoms with Gasteiger partial charge in [0.05, 0.1) is 18.4 Å². The summed E-state index contributed by atoms with van der Waals surface area (Å²) in [5.41, 5.74) is -0.386. The molecule has 1 aliphatic heterocycles. The minimum Gasteiger partial charge on any atom is -0.456 e. The van der Waals surface area contributed by atoms with Gasteiger partial charge in [-0.25, -0.2) is 9.59 Å². The monoisotopic (exact) mass is 255 g/mol. The van der Waals surface area contributed by atoms with Crippen LogP contribution in [-0.2, 0) is 19.1 Å². The maximum atomic E-state index is 11.8. The Hall–Kier alpha value is -1.98. The SMILES string of the molecule is CCOC(=O)N1C=C(C(=O)OC(C)(C)C)C=CO1. The van der Waals surface area contributed by atoms with E-state index in [9.17, 15) is 9.59 Å². The molecule has 0 aromatic carbocycles. The highest BCUT2D eigenvalue weighted by Crippen LogP contribution is 2.16. The van der Waals surface area contributed by atoms with E-state index in [1.54, 1.807) is 27.7 Å². The van der Waals surface area contributed by atoms with Crippen molar-refractivity contribution in [1.82, 2.24) is 5.06 Å². The van der Waals surface area contributed by atoms with E-state index in [1.807, 2.05) is 0 Å². The summed E-state index contributed by atoms with van der Waals surface area (Å²) in [5.74, 6) is -0.531. The van der Waals surface area contributed by atoms with Crippen molar-refractivity contribution in [3.8, 4) is 0 Å². The number of amides is 1. The highest BCUT2D eigenvalue weighted by molar-refractivity contribution is 5.92. The lowest BCUT2D eigenvalue weighted by atomic mass is 10.2. The normalized spacial score (nSPS) is 14.7. The summed E-state index contributed by atoms with van der Waals surface area (Å²) in [5, 5.41) is 0.836. The van der Waals surface area contributed by atoms with Crippen molar-refractivity contribution in [2.75, 3.05) is 6.61 Å². The first-order valence-electron chi connectivity index (χ1n) is 5.58. The summed E-state index contributed by atoms with van der Waals surface area (Å²) in [6, 6.07) is 0. The largest absolute Gasteiger partial charge is 0.456 e. The minimum atomic E-state index is -0.692. The second-order valence-corrected chi connectivity index (χ2v) is 4.52. The van der Waals surface area contributed by atoms with Crippen LogP contribution in [0.25, 0.3) is 0 Å². The maximum absolute atomic E-state index is 11.8. The maximum Gasteiger partial charge on any atom is 0.447 e. The summed E-state index contributed by atoms with van der Waals surface area (Å²) in [6.07, 6.45) is 3.18. The molecular formula is C12H17NO5. The lowest BCUT2D eigenvalue weighted by molar-refractivity contribution is -0.150. The number of ether oxygens (including phenoxy) is 2. The smallest absolute Gasteiger partial charge is 0.447 e. The third-order valence-corrected chi connectivity index (χ3v) is 1.76. The van der Waals surface area contributed by atoms with Gasteiger partial charge in [-0.3, -0.25) is 0 Å². The molecule has 1 aliphatic rings. The topological polar surface area (TPSA) is 65.1 Å².